The fourth-order valence-corrected chi connectivity index (χ4v) is 3.90. The lowest BCUT2D eigenvalue weighted by molar-refractivity contribution is -0.895. The maximum absolute atomic E-state index is 9.40. The van der Waals surface area contributed by atoms with Crippen LogP contribution in [0.5, 0.6) is 0 Å². The van der Waals surface area contributed by atoms with Gasteiger partial charge in [-0.15, -0.1) is 11.8 Å². The van der Waals surface area contributed by atoms with Gasteiger partial charge in [0.15, 0.2) is 0 Å². The molecule has 5 heteroatoms. The molecule has 0 amide bonds. The number of aromatic nitrogens is 1. The van der Waals surface area contributed by atoms with Crippen LogP contribution in [0, 0.1) is 11.3 Å². The summed E-state index contributed by atoms with van der Waals surface area (Å²) in [5.74, 6) is 0.727. The molecule has 112 valence electrons. The molecule has 0 saturated carbocycles. The van der Waals surface area contributed by atoms with Crippen LogP contribution in [0.1, 0.15) is 22.4 Å². The number of pyridine rings is 1. The second-order valence-corrected chi connectivity index (χ2v) is 6.94. The molecule has 1 unspecified atom stereocenters. The molecular formula is C17H17ClN3S+. The number of hydrogen-bond donors (Lipinski definition) is 1. The fraction of sp³-hybridized carbons (Fsp3) is 0.294. The van der Waals surface area contributed by atoms with Crippen molar-refractivity contribution < 1.29 is 4.90 Å². The second kappa shape index (κ2) is 6.70. The molecule has 1 N–H and O–H groups in total. The Morgan fingerprint density at radius 2 is 2.23 bits per heavy atom. The minimum Gasteiger partial charge on any atom is -0.333 e. The van der Waals surface area contributed by atoms with E-state index < -0.39 is 0 Å². The fourth-order valence-electron chi connectivity index (χ4n) is 2.64. The number of hydrogen-bond acceptors (Lipinski definition) is 3. The van der Waals surface area contributed by atoms with Gasteiger partial charge in [0.25, 0.3) is 0 Å². The Bertz CT molecular complexity index is 739. The third-order valence-corrected chi connectivity index (χ3v) is 5.29. The highest BCUT2D eigenvalue weighted by molar-refractivity contribution is 7.98. The van der Waals surface area contributed by atoms with Gasteiger partial charge in [-0.1, -0.05) is 29.8 Å². The molecule has 0 radical (unpaired) electrons. The summed E-state index contributed by atoms with van der Waals surface area (Å²) < 4.78 is 0. The minimum absolute atomic E-state index is 0.672. The third-order valence-electron chi connectivity index (χ3n) is 3.88. The quantitative estimate of drug-likeness (QED) is 0.879. The van der Waals surface area contributed by atoms with Crippen molar-refractivity contribution in [3.63, 3.8) is 0 Å². The number of nitrogens with one attached hydrogen (secondary N) is 1. The summed E-state index contributed by atoms with van der Waals surface area (Å²) in [5.41, 5.74) is 4.10. The molecule has 3 rings (SSSR count). The predicted octanol–water partition coefficient (Wildman–Crippen LogP) is 2.47. The average molecular weight is 331 g/mol. The molecule has 0 spiro atoms. The molecule has 2 heterocycles. The standard InChI is InChI=1S/C17H16ClN3S/c1-21-7-6-16-14(10-21)8-13(9-19)17(20-16)22-11-12-4-2-3-5-15(12)18/h2-5,8H,6-7,10-11H2,1H3/p+1. The van der Waals surface area contributed by atoms with E-state index in [0.717, 1.165) is 46.6 Å². The number of likely N-dealkylation sites (N-methyl/N-ethyl adjacent to an activating group) is 1. The first-order chi connectivity index (χ1) is 10.7. The number of benzene rings is 1. The van der Waals surface area contributed by atoms with Gasteiger partial charge in [-0.2, -0.15) is 5.26 Å². The van der Waals surface area contributed by atoms with Crippen molar-refractivity contribution >= 4 is 23.4 Å². The maximum Gasteiger partial charge on any atom is 0.114 e. The molecule has 0 fully saturated rings. The van der Waals surface area contributed by atoms with E-state index in [1.165, 1.54) is 10.5 Å². The Balaban J connectivity index is 1.85. The SMILES string of the molecule is C[NH+]1CCc2nc(SCc3ccccc3Cl)c(C#N)cc2C1. The van der Waals surface area contributed by atoms with Gasteiger partial charge in [0.05, 0.1) is 24.8 Å². The number of rotatable bonds is 3. The van der Waals surface area contributed by atoms with Gasteiger partial charge in [0.1, 0.15) is 17.6 Å². The van der Waals surface area contributed by atoms with Crippen molar-refractivity contribution in [1.82, 2.24) is 4.98 Å². The van der Waals surface area contributed by atoms with Crippen molar-refractivity contribution in [2.75, 3.05) is 13.6 Å². The van der Waals surface area contributed by atoms with E-state index in [1.54, 1.807) is 11.8 Å². The maximum atomic E-state index is 9.40. The lowest BCUT2D eigenvalue weighted by atomic mass is 10.0. The number of nitriles is 1. The molecule has 3 nitrogen and oxygen atoms in total. The van der Waals surface area contributed by atoms with E-state index in [4.69, 9.17) is 16.6 Å². The van der Waals surface area contributed by atoms with Crippen molar-refractivity contribution in [2.24, 2.45) is 0 Å². The third kappa shape index (κ3) is 3.27. The molecule has 1 aromatic carbocycles. The van der Waals surface area contributed by atoms with E-state index in [1.807, 2.05) is 30.3 Å². The zero-order valence-corrected chi connectivity index (χ0v) is 14.0. The molecule has 0 bridgehead atoms. The highest BCUT2D eigenvalue weighted by Crippen LogP contribution is 2.29. The van der Waals surface area contributed by atoms with Crippen LogP contribution in [-0.2, 0) is 18.7 Å². The first-order valence-electron chi connectivity index (χ1n) is 7.28. The minimum atomic E-state index is 0.672. The first-order valence-corrected chi connectivity index (χ1v) is 8.64. The van der Waals surface area contributed by atoms with Crippen molar-refractivity contribution in [1.29, 1.82) is 5.26 Å². The van der Waals surface area contributed by atoms with Gasteiger partial charge in [0, 0.05) is 22.8 Å². The van der Waals surface area contributed by atoms with E-state index in [-0.39, 0.29) is 0 Å². The average Bonchev–Trinajstić information content (AvgIpc) is 2.53. The van der Waals surface area contributed by atoms with Gasteiger partial charge in [-0.3, -0.25) is 0 Å². The van der Waals surface area contributed by atoms with Gasteiger partial charge < -0.3 is 4.90 Å². The van der Waals surface area contributed by atoms with Crippen LogP contribution in [0.3, 0.4) is 0 Å². The van der Waals surface area contributed by atoms with Crippen molar-refractivity contribution in [3.8, 4) is 6.07 Å². The summed E-state index contributed by atoms with van der Waals surface area (Å²) in [7, 11) is 2.18. The van der Waals surface area contributed by atoms with E-state index >= 15 is 0 Å². The molecule has 2 aromatic rings. The van der Waals surface area contributed by atoms with Crippen LogP contribution < -0.4 is 4.90 Å². The zero-order chi connectivity index (χ0) is 15.5. The van der Waals surface area contributed by atoms with Crippen LogP contribution in [0.2, 0.25) is 5.02 Å². The summed E-state index contributed by atoms with van der Waals surface area (Å²) in [6.07, 6.45) is 0.979. The van der Waals surface area contributed by atoms with Gasteiger partial charge in [-0.05, 0) is 17.7 Å². The summed E-state index contributed by atoms with van der Waals surface area (Å²) >= 11 is 7.78. The normalized spacial score (nSPS) is 16.9. The van der Waals surface area contributed by atoms with Gasteiger partial charge in [-0.25, -0.2) is 4.98 Å². The topological polar surface area (TPSA) is 41.1 Å². The smallest absolute Gasteiger partial charge is 0.114 e. The van der Waals surface area contributed by atoms with E-state index in [9.17, 15) is 5.26 Å². The second-order valence-electron chi connectivity index (χ2n) is 5.57. The van der Waals surface area contributed by atoms with Crippen LogP contribution in [-0.4, -0.2) is 18.6 Å². The number of nitrogens with zero attached hydrogens (tertiary/aromatic N) is 2. The molecular weight excluding hydrogens is 314 g/mol. The summed E-state index contributed by atoms with van der Waals surface area (Å²) in [6, 6.07) is 12.1. The summed E-state index contributed by atoms with van der Waals surface area (Å²) in [5, 5.41) is 11.0. The van der Waals surface area contributed by atoms with E-state index in [0.29, 0.717) is 5.56 Å². The lowest BCUT2D eigenvalue weighted by Gasteiger charge is -2.22. The van der Waals surface area contributed by atoms with Gasteiger partial charge in [0.2, 0.25) is 0 Å². The Kier molecular flexibility index (Phi) is 4.68. The summed E-state index contributed by atoms with van der Waals surface area (Å²) in [6.45, 7) is 2.05. The Labute approximate surface area is 139 Å². The number of fused-ring (bicyclic) bond motifs is 1. The largest absolute Gasteiger partial charge is 0.333 e. The molecule has 0 saturated heterocycles. The lowest BCUT2D eigenvalue weighted by Crippen LogP contribution is -3.08. The molecule has 0 aliphatic carbocycles. The zero-order valence-electron chi connectivity index (χ0n) is 12.4. The monoisotopic (exact) mass is 330 g/mol. The number of quaternary nitrogens is 1. The Morgan fingerprint density at radius 3 is 3.00 bits per heavy atom. The molecule has 22 heavy (non-hydrogen) atoms. The van der Waals surface area contributed by atoms with Crippen LogP contribution in [0.4, 0.5) is 0 Å². The molecule has 1 aromatic heterocycles. The molecule has 1 aliphatic rings. The highest BCUT2D eigenvalue weighted by Gasteiger charge is 2.20. The van der Waals surface area contributed by atoms with Crippen molar-refractivity contribution in [2.45, 2.75) is 23.7 Å². The predicted molar refractivity (Wildman–Crippen MR) is 89.1 cm³/mol. The van der Waals surface area contributed by atoms with Gasteiger partial charge >= 0.3 is 0 Å². The van der Waals surface area contributed by atoms with Crippen LogP contribution >= 0.6 is 23.4 Å². The number of thioether (sulfide) groups is 1. The first kappa shape index (κ1) is 15.4. The van der Waals surface area contributed by atoms with Crippen LogP contribution in [0.15, 0.2) is 35.4 Å². The molecule has 1 aliphatic heterocycles. The Hall–Kier alpha value is -1.54. The molecule has 1 atom stereocenters. The highest BCUT2D eigenvalue weighted by atomic mass is 35.5. The van der Waals surface area contributed by atoms with E-state index in [2.05, 4.69) is 13.1 Å². The summed E-state index contributed by atoms with van der Waals surface area (Å²) in [4.78, 5) is 6.21. The Morgan fingerprint density at radius 1 is 1.41 bits per heavy atom. The van der Waals surface area contributed by atoms with Crippen molar-refractivity contribution in [3.05, 3.63) is 57.7 Å². The van der Waals surface area contributed by atoms with Crippen LogP contribution in [0.25, 0.3) is 0 Å². The number of halogens is 1.